The van der Waals surface area contributed by atoms with E-state index in [9.17, 15) is 4.79 Å². The Morgan fingerprint density at radius 3 is 2.88 bits per heavy atom. The van der Waals surface area contributed by atoms with Gasteiger partial charge in [0.1, 0.15) is 0 Å². The van der Waals surface area contributed by atoms with Crippen molar-refractivity contribution >= 4 is 27.5 Å². The third-order valence-corrected chi connectivity index (χ3v) is 4.40. The molecule has 0 unspecified atom stereocenters. The van der Waals surface area contributed by atoms with Crippen molar-refractivity contribution in [3.8, 4) is 0 Å². The van der Waals surface area contributed by atoms with Gasteiger partial charge in [-0.2, -0.15) is 0 Å². The van der Waals surface area contributed by atoms with E-state index in [0.29, 0.717) is 11.7 Å². The molecule has 1 aromatic rings. The summed E-state index contributed by atoms with van der Waals surface area (Å²) in [5, 5.41) is 2.91. The highest BCUT2D eigenvalue weighted by Gasteiger charge is 2.47. The second-order valence-corrected chi connectivity index (χ2v) is 5.79. The maximum Gasteiger partial charge on any atom is 0.235 e. The fraction of sp³-hybridized carbons (Fsp3) is 0.462. The highest BCUT2D eigenvalue weighted by molar-refractivity contribution is 9.10. The van der Waals surface area contributed by atoms with Crippen LogP contribution in [-0.4, -0.2) is 30.9 Å². The molecule has 0 radical (unpaired) electrons. The molecule has 1 spiro atoms. The second kappa shape index (κ2) is 3.82. The van der Waals surface area contributed by atoms with E-state index in [2.05, 4.69) is 33.2 Å². The minimum atomic E-state index is -0.404. The molecule has 0 aliphatic carbocycles. The molecule has 0 bridgehead atoms. The number of likely N-dealkylation sites (tertiary alicyclic amines) is 1. The topological polar surface area (TPSA) is 32.3 Å². The number of amides is 1. The molecule has 2 aliphatic heterocycles. The van der Waals surface area contributed by atoms with E-state index in [1.165, 1.54) is 0 Å². The Morgan fingerprint density at radius 2 is 2.18 bits per heavy atom. The first-order valence-corrected chi connectivity index (χ1v) is 6.63. The number of piperidine rings is 1. The van der Waals surface area contributed by atoms with Crippen LogP contribution in [0.3, 0.4) is 0 Å². The van der Waals surface area contributed by atoms with Crippen molar-refractivity contribution in [2.24, 2.45) is 0 Å². The lowest BCUT2D eigenvalue weighted by Crippen LogP contribution is -2.45. The lowest BCUT2D eigenvalue weighted by molar-refractivity contribution is -0.122. The first-order valence-electron chi connectivity index (χ1n) is 6.34. The molecule has 17 heavy (non-hydrogen) atoms. The van der Waals surface area contributed by atoms with Gasteiger partial charge in [-0.25, -0.2) is 0 Å². The monoisotopic (exact) mass is 295 g/mol. The number of nitrogens with zero attached hydrogens (tertiary/aromatic N) is 1. The maximum atomic E-state index is 12.3. The zero-order valence-corrected chi connectivity index (χ0v) is 11.3. The number of rotatable bonds is 0. The maximum absolute atomic E-state index is 12.3. The molecule has 0 aromatic heterocycles. The quantitative estimate of drug-likeness (QED) is 0.797. The summed E-state index contributed by atoms with van der Waals surface area (Å²) in [5.74, 6) is 0.0669. The third kappa shape index (κ3) is 1.62. The second-order valence-electron chi connectivity index (χ2n) is 4.93. The van der Waals surface area contributed by atoms with E-state index in [1.54, 1.807) is 0 Å². The average molecular weight is 296 g/mol. The van der Waals surface area contributed by atoms with Crippen molar-refractivity contribution in [1.82, 2.24) is 4.90 Å². The predicted octanol–water partition coefficient (Wildman–Crippen LogP) is 2.36. The highest BCUT2D eigenvalue weighted by atomic mass is 79.9. The van der Waals surface area contributed by atoms with Gasteiger partial charge >= 0.3 is 0 Å². The van der Waals surface area contributed by atoms with Crippen molar-refractivity contribution in [1.29, 1.82) is 0 Å². The Kier molecular flexibility index (Phi) is 2.27. The lowest BCUT2D eigenvalue weighted by atomic mass is 9.74. The van der Waals surface area contributed by atoms with Crippen LogP contribution in [0.4, 0.5) is 5.69 Å². The smallest absolute Gasteiger partial charge is 0.235 e. The number of hydrogen-bond acceptors (Lipinski definition) is 2. The van der Waals surface area contributed by atoms with Gasteiger partial charge in [0.2, 0.25) is 5.91 Å². The summed E-state index contributed by atoms with van der Waals surface area (Å²) in [5.41, 5.74) is 1.30. The number of anilines is 1. The van der Waals surface area contributed by atoms with Crippen LogP contribution in [0.15, 0.2) is 22.6 Å². The van der Waals surface area contributed by atoms with Crippen molar-refractivity contribution in [2.45, 2.75) is 18.3 Å². The summed E-state index contributed by atoms with van der Waals surface area (Å²) in [6, 6.07) is 4.25. The minimum Gasteiger partial charge on any atom is -0.325 e. The molecular weight excluding hydrogens is 280 g/mol. The molecular formula is C13H15BrN2O. The minimum absolute atomic E-state index is 0.0669. The molecule has 4 heteroatoms. The fourth-order valence-corrected chi connectivity index (χ4v) is 3.15. The SMILES string of the molecule is [2H]c1c(Br)ccc2c1NC(=O)C21CCN(C)CC1. The molecule has 1 fully saturated rings. The van der Waals surface area contributed by atoms with E-state index >= 15 is 0 Å². The summed E-state index contributed by atoms with van der Waals surface area (Å²) < 4.78 is 8.76. The first-order chi connectivity index (χ1) is 8.54. The molecule has 1 amide bonds. The van der Waals surface area contributed by atoms with Gasteiger partial charge in [0.25, 0.3) is 0 Å². The van der Waals surface area contributed by atoms with Crippen LogP contribution in [-0.2, 0) is 10.2 Å². The van der Waals surface area contributed by atoms with Gasteiger partial charge in [-0.15, -0.1) is 0 Å². The summed E-state index contributed by atoms with van der Waals surface area (Å²) in [4.78, 5) is 14.6. The molecule has 1 aromatic carbocycles. The van der Waals surface area contributed by atoms with Gasteiger partial charge in [0.15, 0.2) is 0 Å². The molecule has 2 aliphatic rings. The normalized spacial score (nSPS) is 23.4. The molecule has 1 N–H and O–H groups in total. The van der Waals surface area contributed by atoms with E-state index in [4.69, 9.17) is 1.37 Å². The van der Waals surface area contributed by atoms with Crippen molar-refractivity contribution in [3.63, 3.8) is 0 Å². The molecule has 1 saturated heterocycles. The molecule has 3 nitrogen and oxygen atoms in total. The Labute approximate surface area is 111 Å². The molecule has 0 saturated carbocycles. The number of hydrogen-bond donors (Lipinski definition) is 1. The average Bonchev–Trinajstić information content (AvgIpc) is 2.63. The van der Waals surface area contributed by atoms with Crippen LogP contribution in [0, 0.1) is 0 Å². The van der Waals surface area contributed by atoms with Gasteiger partial charge in [0.05, 0.1) is 6.79 Å². The van der Waals surface area contributed by atoms with Crippen LogP contribution in [0.25, 0.3) is 0 Å². The number of fused-ring (bicyclic) bond motifs is 2. The van der Waals surface area contributed by atoms with Crippen molar-refractivity contribution < 1.29 is 6.17 Å². The molecule has 0 atom stereocenters. The van der Waals surface area contributed by atoms with E-state index < -0.39 is 5.41 Å². The van der Waals surface area contributed by atoms with Crippen molar-refractivity contribution in [2.75, 3.05) is 25.5 Å². The third-order valence-electron chi connectivity index (χ3n) is 3.94. The van der Waals surface area contributed by atoms with Gasteiger partial charge in [-0.1, -0.05) is 22.0 Å². The Morgan fingerprint density at radius 1 is 1.47 bits per heavy atom. The number of benzene rings is 1. The Hall–Kier alpha value is -0.870. The molecule has 2 heterocycles. The molecule has 90 valence electrons. The van der Waals surface area contributed by atoms with E-state index in [-0.39, 0.29) is 5.91 Å². The number of carbonyl (C=O) groups is 1. The van der Waals surface area contributed by atoms with Gasteiger partial charge in [-0.05, 0) is 50.7 Å². The van der Waals surface area contributed by atoms with E-state index in [1.807, 2.05) is 12.1 Å². The standard InChI is InChI=1S/C13H15BrN2O/c1-16-6-4-13(5-7-16)10-3-2-9(14)8-11(10)15-12(13)17/h2-3,8H,4-7H2,1H3,(H,15,17)/i8D. The van der Waals surface area contributed by atoms with Crippen LogP contribution < -0.4 is 5.32 Å². The summed E-state index contributed by atoms with van der Waals surface area (Å²) >= 11 is 3.34. The largest absolute Gasteiger partial charge is 0.325 e. The summed E-state index contributed by atoms with van der Waals surface area (Å²) in [6.07, 6.45) is 1.67. The Balaban J connectivity index is 2.10. The van der Waals surface area contributed by atoms with Crippen LogP contribution in [0.1, 0.15) is 19.8 Å². The Bertz CT molecular complexity index is 524. The summed E-state index contributed by atoms with van der Waals surface area (Å²) in [7, 11) is 2.08. The number of carbonyl (C=O) groups excluding carboxylic acids is 1. The lowest BCUT2D eigenvalue weighted by Gasteiger charge is -2.36. The zero-order chi connectivity index (χ0) is 12.9. The van der Waals surface area contributed by atoms with Gasteiger partial charge in [0, 0.05) is 10.2 Å². The van der Waals surface area contributed by atoms with Gasteiger partial charge in [-0.3, -0.25) is 4.79 Å². The van der Waals surface area contributed by atoms with Crippen LogP contribution in [0.2, 0.25) is 0 Å². The fourth-order valence-electron chi connectivity index (χ4n) is 2.82. The van der Waals surface area contributed by atoms with Crippen LogP contribution >= 0.6 is 15.9 Å². The van der Waals surface area contributed by atoms with Gasteiger partial charge < -0.3 is 10.2 Å². The first kappa shape index (κ1) is 10.1. The zero-order valence-electron chi connectivity index (χ0n) is 10.7. The van der Waals surface area contributed by atoms with Crippen molar-refractivity contribution in [3.05, 3.63) is 28.2 Å². The van der Waals surface area contributed by atoms with E-state index in [0.717, 1.165) is 36.0 Å². The van der Waals surface area contributed by atoms with Crippen LogP contribution in [0.5, 0.6) is 0 Å². The highest BCUT2D eigenvalue weighted by Crippen LogP contribution is 2.45. The number of nitrogens with one attached hydrogen (secondary N) is 1. The summed E-state index contributed by atoms with van der Waals surface area (Å²) in [6.45, 7) is 1.85. The number of halogens is 1. The molecule has 3 rings (SSSR count). The predicted molar refractivity (Wildman–Crippen MR) is 71.2 cm³/mol.